The monoisotopic (exact) mass is 340 g/mol. The molecule has 128 valence electrons. The third-order valence-electron chi connectivity index (χ3n) is 3.98. The van der Waals surface area contributed by atoms with Gasteiger partial charge in [0.1, 0.15) is 5.69 Å². The van der Waals surface area contributed by atoms with Crippen molar-refractivity contribution in [2.45, 2.75) is 6.42 Å². The van der Waals surface area contributed by atoms with Crippen LogP contribution in [-0.2, 0) is 6.42 Å². The number of nitro benzene ring substituents is 1. The number of rotatable bonds is 6. The second kappa shape index (κ2) is 6.52. The van der Waals surface area contributed by atoms with Crippen molar-refractivity contribution in [2.75, 3.05) is 17.6 Å². The predicted octanol–water partition coefficient (Wildman–Crippen LogP) is 3.01. The molecular formula is C17H16N4O4. The third kappa shape index (κ3) is 3.23. The molecule has 25 heavy (non-hydrogen) atoms. The molecule has 0 bridgehead atoms. The van der Waals surface area contributed by atoms with E-state index < -0.39 is 16.6 Å². The van der Waals surface area contributed by atoms with Gasteiger partial charge in [-0.3, -0.25) is 10.1 Å². The number of aromatic amines is 1. The van der Waals surface area contributed by atoms with Gasteiger partial charge in [0.05, 0.1) is 16.2 Å². The van der Waals surface area contributed by atoms with Crippen molar-refractivity contribution in [3.63, 3.8) is 0 Å². The Hall–Kier alpha value is -3.55. The topological polar surface area (TPSA) is 134 Å². The van der Waals surface area contributed by atoms with Crippen LogP contribution in [-0.4, -0.2) is 27.5 Å². The summed E-state index contributed by atoms with van der Waals surface area (Å²) in [6.07, 6.45) is 2.56. The summed E-state index contributed by atoms with van der Waals surface area (Å²) in [5.74, 6) is -1.25. The number of para-hydroxylation sites is 1. The van der Waals surface area contributed by atoms with Gasteiger partial charge in [0, 0.05) is 29.7 Å². The Balaban J connectivity index is 1.79. The summed E-state index contributed by atoms with van der Waals surface area (Å²) in [7, 11) is 0. The molecule has 1 heterocycles. The molecule has 0 atom stereocenters. The Labute approximate surface area is 142 Å². The van der Waals surface area contributed by atoms with Crippen molar-refractivity contribution < 1.29 is 14.8 Å². The van der Waals surface area contributed by atoms with Gasteiger partial charge < -0.3 is 21.1 Å². The van der Waals surface area contributed by atoms with E-state index in [9.17, 15) is 20.0 Å². The van der Waals surface area contributed by atoms with Crippen LogP contribution in [0.15, 0.2) is 42.6 Å². The molecule has 0 aliphatic rings. The SMILES string of the molecule is Nc1cc(NCCc2c[nH]c3ccccc23)c(C(=O)O)cc1[N+](=O)[O-]. The zero-order chi connectivity index (χ0) is 18.0. The van der Waals surface area contributed by atoms with Gasteiger partial charge in [-0.05, 0) is 24.1 Å². The van der Waals surface area contributed by atoms with Crippen LogP contribution in [0.1, 0.15) is 15.9 Å². The first kappa shape index (κ1) is 16.3. The van der Waals surface area contributed by atoms with Crippen LogP contribution in [0.25, 0.3) is 10.9 Å². The van der Waals surface area contributed by atoms with Crippen molar-refractivity contribution in [3.8, 4) is 0 Å². The zero-order valence-electron chi connectivity index (χ0n) is 13.2. The minimum atomic E-state index is -1.25. The number of aromatic carboxylic acids is 1. The van der Waals surface area contributed by atoms with E-state index in [1.807, 2.05) is 30.5 Å². The molecule has 8 heteroatoms. The molecule has 0 amide bonds. The van der Waals surface area contributed by atoms with Crippen molar-refractivity contribution in [1.82, 2.24) is 4.98 Å². The molecule has 0 aliphatic heterocycles. The van der Waals surface area contributed by atoms with Crippen molar-refractivity contribution in [3.05, 3.63) is 63.8 Å². The van der Waals surface area contributed by atoms with Crippen molar-refractivity contribution >= 4 is 33.9 Å². The summed E-state index contributed by atoms with van der Waals surface area (Å²) in [5, 5.41) is 24.3. The summed E-state index contributed by atoms with van der Waals surface area (Å²) >= 11 is 0. The molecule has 0 radical (unpaired) electrons. The number of nitrogens with two attached hydrogens (primary N) is 1. The van der Waals surface area contributed by atoms with Gasteiger partial charge in [-0.2, -0.15) is 0 Å². The standard InChI is InChI=1S/C17H16N4O4/c18-13-8-15(12(17(22)23)7-16(13)21(24)25)19-6-5-10-9-20-14-4-2-1-3-11(10)14/h1-4,7-9,19-20H,5-6,18H2,(H,22,23). The summed E-state index contributed by atoms with van der Waals surface area (Å²) < 4.78 is 0. The van der Waals surface area contributed by atoms with Crippen molar-refractivity contribution in [2.24, 2.45) is 0 Å². The van der Waals surface area contributed by atoms with E-state index in [4.69, 9.17) is 5.73 Å². The number of nitro groups is 1. The number of H-pyrrole nitrogens is 1. The van der Waals surface area contributed by atoms with E-state index in [-0.39, 0.29) is 16.9 Å². The highest BCUT2D eigenvalue weighted by atomic mass is 16.6. The fourth-order valence-electron chi connectivity index (χ4n) is 2.76. The third-order valence-corrected chi connectivity index (χ3v) is 3.98. The molecule has 8 nitrogen and oxygen atoms in total. The maximum atomic E-state index is 11.4. The Morgan fingerprint density at radius 1 is 1.32 bits per heavy atom. The first-order valence-electron chi connectivity index (χ1n) is 7.57. The molecular weight excluding hydrogens is 324 g/mol. The van der Waals surface area contributed by atoms with Gasteiger partial charge in [0.15, 0.2) is 0 Å². The number of carboxylic acid groups (broad SMARTS) is 1. The first-order chi connectivity index (χ1) is 12.0. The van der Waals surface area contributed by atoms with E-state index in [0.29, 0.717) is 13.0 Å². The van der Waals surface area contributed by atoms with Gasteiger partial charge in [0.2, 0.25) is 0 Å². The number of nitrogens with one attached hydrogen (secondary N) is 2. The van der Waals surface area contributed by atoms with Gasteiger partial charge >= 0.3 is 5.97 Å². The number of aromatic nitrogens is 1. The average Bonchev–Trinajstić information content (AvgIpc) is 2.98. The Kier molecular flexibility index (Phi) is 4.25. The number of hydrogen-bond acceptors (Lipinski definition) is 5. The largest absolute Gasteiger partial charge is 0.478 e. The Morgan fingerprint density at radius 2 is 2.08 bits per heavy atom. The van der Waals surface area contributed by atoms with Crippen LogP contribution in [0.3, 0.4) is 0 Å². The number of benzene rings is 2. The molecule has 0 saturated carbocycles. The Morgan fingerprint density at radius 3 is 2.80 bits per heavy atom. The lowest BCUT2D eigenvalue weighted by Gasteiger charge is -2.10. The molecule has 0 fully saturated rings. The molecule has 0 aliphatic carbocycles. The van der Waals surface area contributed by atoms with E-state index >= 15 is 0 Å². The average molecular weight is 340 g/mol. The lowest BCUT2D eigenvalue weighted by molar-refractivity contribution is -0.383. The molecule has 3 aromatic rings. The van der Waals surface area contributed by atoms with E-state index in [1.54, 1.807) is 0 Å². The van der Waals surface area contributed by atoms with Gasteiger partial charge in [-0.15, -0.1) is 0 Å². The zero-order valence-corrected chi connectivity index (χ0v) is 13.2. The highest BCUT2D eigenvalue weighted by Gasteiger charge is 2.20. The van der Waals surface area contributed by atoms with E-state index in [1.165, 1.54) is 6.07 Å². The molecule has 0 saturated heterocycles. The molecule has 0 spiro atoms. The van der Waals surface area contributed by atoms with Crippen LogP contribution in [0.2, 0.25) is 0 Å². The second-order valence-corrected chi connectivity index (χ2v) is 5.56. The number of carbonyl (C=O) groups is 1. The quantitative estimate of drug-likeness (QED) is 0.309. The summed E-state index contributed by atoms with van der Waals surface area (Å²) in [5.41, 5.74) is 7.36. The number of nitrogen functional groups attached to an aromatic ring is 1. The molecule has 2 aromatic carbocycles. The highest BCUT2D eigenvalue weighted by Crippen LogP contribution is 2.29. The van der Waals surface area contributed by atoms with Gasteiger partial charge in [-0.25, -0.2) is 4.79 Å². The maximum Gasteiger partial charge on any atom is 0.338 e. The fraction of sp³-hybridized carbons (Fsp3) is 0.118. The first-order valence-corrected chi connectivity index (χ1v) is 7.57. The van der Waals surface area contributed by atoms with Crippen LogP contribution < -0.4 is 11.1 Å². The summed E-state index contributed by atoms with van der Waals surface area (Å²) in [6, 6.07) is 10.1. The lowest BCUT2D eigenvalue weighted by Crippen LogP contribution is -2.11. The Bertz CT molecular complexity index is 964. The minimum Gasteiger partial charge on any atom is -0.478 e. The number of carboxylic acids is 1. The van der Waals surface area contributed by atoms with Crippen LogP contribution in [0.5, 0.6) is 0 Å². The smallest absolute Gasteiger partial charge is 0.338 e. The fourth-order valence-corrected chi connectivity index (χ4v) is 2.76. The number of fused-ring (bicyclic) bond motifs is 1. The minimum absolute atomic E-state index is 0.0791. The molecule has 0 unspecified atom stereocenters. The van der Waals surface area contributed by atoms with E-state index in [2.05, 4.69) is 10.3 Å². The maximum absolute atomic E-state index is 11.4. The number of anilines is 2. The molecule has 3 rings (SSSR count). The summed E-state index contributed by atoms with van der Waals surface area (Å²) in [4.78, 5) is 24.8. The molecule has 5 N–H and O–H groups in total. The number of nitrogens with zero attached hydrogens (tertiary/aromatic N) is 1. The molecule has 1 aromatic heterocycles. The van der Waals surface area contributed by atoms with Crippen LogP contribution in [0.4, 0.5) is 17.1 Å². The van der Waals surface area contributed by atoms with Crippen molar-refractivity contribution in [1.29, 1.82) is 0 Å². The van der Waals surface area contributed by atoms with Crippen LogP contribution >= 0.6 is 0 Å². The predicted molar refractivity (Wildman–Crippen MR) is 95.0 cm³/mol. The van der Waals surface area contributed by atoms with Crippen LogP contribution in [0, 0.1) is 10.1 Å². The van der Waals surface area contributed by atoms with Gasteiger partial charge in [0.25, 0.3) is 5.69 Å². The van der Waals surface area contributed by atoms with E-state index in [0.717, 1.165) is 22.5 Å². The number of hydrogen-bond donors (Lipinski definition) is 4. The normalized spacial score (nSPS) is 10.7. The second-order valence-electron chi connectivity index (χ2n) is 5.56. The highest BCUT2D eigenvalue weighted by molar-refractivity contribution is 5.96. The van der Waals surface area contributed by atoms with Gasteiger partial charge in [-0.1, -0.05) is 18.2 Å². The summed E-state index contributed by atoms with van der Waals surface area (Å²) in [6.45, 7) is 0.458. The lowest BCUT2D eigenvalue weighted by atomic mass is 10.1.